The van der Waals surface area contributed by atoms with Crippen molar-refractivity contribution in [2.24, 2.45) is 11.8 Å². The Hall–Kier alpha value is -1.94. The minimum Gasteiger partial charge on any atom is -0.462 e. The summed E-state index contributed by atoms with van der Waals surface area (Å²) in [4.78, 5) is 72.5. The number of carbonyl (C=O) groups excluding carboxylic acids is 4. The Morgan fingerprint density at radius 2 is 0.554 bits per heavy atom. The van der Waals surface area contributed by atoms with Gasteiger partial charge in [0.1, 0.15) is 19.3 Å². The van der Waals surface area contributed by atoms with Gasteiger partial charge in [-0.25, -0.2) is 9.13 Å². The van der Waals surface area contributed by atoms with Crippen LogP contribution in [-0.2, 0) is 65.4 Å². The molecular weight excluding hydrogens is 1210 g/mol. The molecule has 92 heavy (non-hydrogen) atoms. The summed E-state index contributed by atoms with van der Waals surface area (Å²) in [7, 11) is -9.90. The van der Waals surface area contributed by atoms with Crippen molar-refractivity contribution < 1.29 is 80.2 Å². The Kier molecular flexibility index (Phi) is 63.7. The lowest BCUT2D eigenvalue weighted by atomic mass is 9.99. The van der Waals surface area contributed by atoms with Crippen LogP contribution in [-0.4, -0.2) is 96.7 Å². The molecular formula is C73H142O17P2. The number of carbonyl (C=O) groups is 4. The summed E-state index contributed by atoms with van der Waals surface area (Å²) in [5, 5.41) is 10.6. The average Bonchev–Trinajstić information content (AvgIpc) is 3.45. The van der Waals surface area contributed by atoms with Gasteiger partial charge >= 0.3 is 39.5 Å². The lowest BCUT2D eigenvalue weighted by Gasteiger charge is -2.21. The van der Waals surface area contributed by atoms with Gasteiger partial charge in [-0.1, -0.05) is 324 Å². The van der Waals surface area contributed by atoms with E-state index in [0.29, 0.717) is 31.6 Å². The average molecular weight is 1350 g/mol. The Balaban J connectivity index is 5.14. The van der Waals surface area contributed by atoms with Gasteiger partial charge in [0.15, 0.2) is 12.2 Å². The Bertz CT molecular complexity index is 1790. The van der Waals surface area contributed by atoms with Crippen LogP contribution in [0.3, 0.4) is 0 Å². The predicted molar refractivity (Wildman–Crippen MR) is 372 cm³/mol. The van der Waals surface area contributed by atoms with Gasteiger partial charge in [-0.05, 0) is 37.5 Å². The molecule has 0 heterocycles. The van der Waals surface area contributed by atoms with Gasteiger partial charge in [0.2, 0.25) is 0 Å². The fourth-order valence-electron chi connectivity index (χ4n) is 11.1. The molecule has 0 aromatic carbocycles. The monoisotopic (exact) mass is 1350 g/mol. The van der Waals surface area contributed by atoms with E-state index >= 15 is 0 Å². The number of phosphoric acid groups is 2. The van der Waals surface area contributed by atoms with Gasteiger partial charge in [-0.15, -0.1) is 0 Å². The highest BCUT2D eigenvalue weighted by Gasteiger charge is 2.30. The first-order valence-electron chi connectivity index (χ1n) is 38.0. The molecule has 546 valence electrons. The number of rotatable bonds is 72. The molecule has 0 saturated heterocycles. The van der Waals surface area contributed by atoms with E-state index in [9.17, 15) is 43.2 Å². The van der Waals surface area contributed by atoms with E-state index in [-0.39, 0.29) is 25.7 Å². The number of unbranched alkanes of at least 4 members (excludes halogenated alkanes) is 41. The highest BCUT2D eigenvalue weighted by Crippen LogP contribution is 2.45. The zero-order chi connectivity index (χ0) is 67.9. The fraction of sp³-hybridized carbons (Fsp3) is 0.945. The fourth-order valence-corrected chi connectivity index (χ4v) is 12.7. The molecule has 0 radical (unpaired) electrons. The van der Waals surface area contributed by atoms with Crippen molar-refractivity contribution in [3.8, 4) is 0 Å². The quantitative estimate of drug-likeness (QED) is 0.0222. The van der Waals surface area contributed by atoms with Crippen LogP contribution in [0.25, 0.3) is 0 Å². The van der Waals surface area contributed by atoms with Crippen LogP contribution < -0.4 is 0 Å². The van der Waals surface area contributed by atoms with Gasteiger partial charge in [-0.3, -0.25) is 37.3 Å². The second kappa shape index (κ2) is 65.0. The minimum atomic E-state index is -4.95. The molecule has 0 amide bonds. The second-order valence-electron chi connectivity index (χ2n) is 27.1. The van der Waals surface area contributed by atoms with Crippen LogP contribution in [0.4, 0.5) is 0 Å². The molecule has 0 aliphatic heterocycles. The number of aliphatic hydroxyl groups excluding tert-OH is 1. The number of aliphatic hydroxyl groups is 1. The predicted octanol–water partition coefficient (Wildman–Crippen LogP) is 21.2. The first kappa shape index (κ1) is 90.1. The third kappa shape index (κ3) is 65.4. The van der Waals surface area contributed by atoms with Crippen LogP contribution in [0.1, 0.15) is 375 Å². The number of hydrogen-bond donors (Lipinski definition) is 3. The smallest absolute Gasteiger partial charge is 0.462 e. The van der Waals surface area contributed by atoms with Crippen LogP contribution in [0.2, 0.25) is 0 Å². The molecule has 3 unspecified atom stereocenters. The van der Waals surface area contributed by atoms with E-state index in [1.54, 1.807) is 0 Å². The van der Waals surface area contributed by atoms with Crippen molar-refractivity contribution in [1.82, 2.24) is 0 Å². The lowest BCUT2D eigenvalue weighted by molar-refractivity contribution is -0.161. The first-order chi connectivity index (χ1) is 44.4. The SMILES string of the molecule is CCCCCCCCCCCCCC(=O)OC[C@H](COP(=O)(O)OC[C@@H](O)COP(=O)(O)OC[C@@H](COC(=O)CCCCCCCCCCC)OC(=O)CCCCCCCCCC(C)C)OC(=O)CCCCCCCCCCCCCCCCCCCCC(C)CC. The summed E-state index contributed by atoms with van der Waals surface area (Å²) in [5.41, 5.74) is 0. The second-order valence-corrected chi connectivity index (χ2v) is 30.0. The van der Waals surface area contributed by atoms with Gasteiger partial charge in [-0.2, -0.15) is 0 Å². The molecule has 0 aliphatic carbocycles. The maximum absolute atomic E-state index is 13.0. The summed E-state index contributed by atoms with van der Waals surface area (Å²) < 4.78 is 68.3. The topological polar surface area (TPSA) is 237 Å². The molecule has 0 fully saturated rings. The van der Waals surface area contributed by atoms with Crippen LogP contribution in [0.15, 0.2) is 0 Å². The molecule has 0 aromatic heterocycles. The maximum atomic E-state index is 13.0. The van der Waals surface area contributed by atoms with Gasteiger partial charge < -0.3 is 33.8 Å². The molecule has 0 rings (SSSR count). The molecule has 0 spiro atoms. The Labute approximate surface area is 562 Å². The van der Waals surface area contributed by atoms with Gasteiger partial charge in [0.05, 0.1) is 26.4 Å². The third-order valence-corrected chi connectivity index (χ3v) is 19.2. The molecule has 3 N–H and O–H groups in total. The zero-order valence-corrected chi connectivity index (χ0v) is 61.6. The van der Waals surface area contributed by atoms with E-state index in [4.69, 9.17) is 37.0 Å². The van der Waals surface area contributed by atoms with Crippen LogP contribution in [0.5, 0.6) is 0 Å². The van der Waals surface area contributed by atoms with Gasteiger partial charge in [0.25, 0.3) is 0 Å². The highest BCUT2D eigenvalue weighted by molar-refractivity contribution is 7.47. The van der Waals surface area contributed by atoms with Crippen molar-refractivity contribution in [2.45, 2.75) is 394 Å². The highest BCUT2D eigenvalue weighted by atomic mass is 31.2. The number of esters is 4. The lowest BCUT2D eigenvalue weighted by Crippen LogP contribution is -2.30. The molecule has 19 heteroatoms. The summed E-state index contributed by atoms with van der Waals surface area (Å²) >= 11 is 0. The molecule has 17 nitrogen and oxygen atoms in total. The minimum absolute atomic E-state index is 0.104. The largest absolute Gasteiger partial charge is 0.472 e. The van der Waals surface area contributed by atoms with Crippen molar-refractivity contribution in [1.29, 1.82) is 0 Å². The molecule has 0 saturated carbocycles. The van der Waals surface area contributed by atoms with Crippen molar-refractivity contribution in [2.75, 3.05) is 39.6 Å². The molecule has 6 atom stereocenters. The van der Waals surface area contributed by atoms with Crippen molar-refractivity contribution in [3.63, 3.8) is 0 Å². The van der Waals surface area contributed by atoms with Crippen molar-refractivity contribution >= 4 is 39.5 Å². The van der Waals surface area contributed by atoms with E-state index in [1.807, 2.05) is 0 Å². The summed E-state index contributed by atoms with van der Waals surface area (Å²) in [6, 6.07) is 0. The van der Waals surface area contributed by atoms with Crippen molar-refractivity contribution in [3.05, 3.63) is 0 Å². The van der Waals surface area contributed by atoms with Crippen LogP contribution in [0, 0.1) is 11.8 Å². The summed E-state index contributed by atoms with van der Waals surface area (Å²) in [6.45, 7) is 9.55. The van der Waals surface area contributed by atoms with Gasteiger partial charge in [0, 0.05) is 25.7 Å². The standard InChI is InChI=1S/C73H142O17P2/c1-7-10-12-14-16-18-27-32-38-44-50-56-71(76)84-61-68(89-72(77)57-51-45-39-33-29-26-24-22-20-19-21-23-25-28-31-36-42-48-54-66(6)9-3)63-87-91(79,80)85-59-67(74)60-86-92(81,82)88-64-69(62-83-70(75)55-49-43-37-30-17-15-13-11-8-2)90-73(78)58-52-46-40-34-35-41-47-53-65(4)5/h65-69,74H,7-64H2,1-6H3,(H,79,80)(H,81,82)/t66?,67-,68-,69-/m1/s1. The number of phosphoric ester groups is 2. The molecule has 0 aromatic rings. The summed E-state index contributed by atoms with van der Waals surface area (Å²) in [6.07, 6.45) is 51.5. The van der Waals surface area contributed by atoms with E-state index < -0.39 is 97.5 Å². The van der Waals surface area contributed by atoms with E-state index in [0.717, 1.165) is 95.8 Å². The van der Waals surface area contributed by atoms with E-state index in [1.165, 1.54) is 193 Å². The summed E-state index contributed by atoms with van der Waals surface area (Å²) in [5.74, 6) is -0.557. The van der Waals surface area contributed by atoms with E-state index in [2.05, 4.69) is 41.5 Å². The normalized spacial score (nSPS) is 14.4. The Morgan fingerprint density at radius 3 is 0.826 bits per heavy atom. The third-order valence-electron chi connectivity index (χ3n) is 17.3. The number of ether oxygens (including phenoxy) is 4. The molecule has 0 aliphatic rings. The van der Waals surface area contributed by atoms with Crippen LogP contribution >= 0.6 is 15.6 Å². The zero-order valence-electron chi connectivity index (χ0n) is 59.9. The number of hydrogen-bond acceptors (Lipinski definition) is 15. The Morgan fingerprint density at radius 1 is 0.315 bits per heavy atom. The first-order valence-corrected chi connectivity index (χ1v) is 41.0. The molecule has 0 bridgehead atoms. The maximum Gasteiger partial charge on any atom is 0.472 e.